The fraction of sp³-hybridized carbons (Fsp3) is 0.406. The number of thiazole rings is 1. The summed E-state index contributed by atoms with van der Waals surface area (Å²) in [6.45, 7) is 6.23. The highest BCUT2D eigenvalue weighted by atomic mass is 32.1. The van der Waals surface area contributed by atoms with Gasteiger partial charge in [-0.05, 0) is 73.3 Å². The number of aromatic nitrogens is 2. The Bertz CT molecular complexity index is 1780. The third kappa shape index (κ3) is 4.70. The van der Waals surface area contributed by atoms with Crippen LogP contribution in [0.15, 0.2) is 48.5 Å². The van der Waals surface area contributed by atoms with Gasteiger partial charge in [0, 0.05) is 17.4 Å². The number of amides is 3. The number of Topliss-reactive ketones (excluding diaryl/α,β-unsaturated/α-hetero) is 1. The van der Waals surface area contributed by atoms with E-state index in [-0.39, 0.29) is 46.5 Å². The summed E-state index contributed by atoms with van der Waals surface area (Å²) in [5.41, 5.74) is 1.27. The molecule has 3 heterocycles. The van der Waals surface area contributed by atoms with Crippen molar-refractivity contribution in [1.29, 1.82) is 0 Å². The zero-order chi connectivity index (χ0) is 30.2. The van der Waals surface area contributed by atoms with Crippen LogP contribution >= 0.6 is 11.3 Å². The zero-order valence-electron chi connectivity index (χ0n) is 24.0. The minimum Gasteiger partial charge on any atom is -0.350 e. The number of halogens is 1. The van der Waals surface area contributed by atoms with E-state index in [2.05, 4.69) is 34.4 Å². The number of piperidine rings is 1. The topological polar surface area (TPSA) is 124 Å². The van der Waals surface area contributed by atoms with Crippen LogP contribution in [0.25, 0.3) is 21.1 Å². The molecule has 0 bridgehead atoms. The number of benzene rings is 2. The van der Waals surface area contributed by atoms with E-state index in [1.165, 1.54) is 23.5 Å². The number of nitrogens with zero attached hydrogens (tertiary/aromatic N) is 2. The molecule has 11 heteroatoms. The van der Waals surface area contributed by atoms with Crippen molar-refractivity contribution < 1.29 is 23.6 Å². The highest BCUT2D eigenvalue weighted by Gasteiger charge is 2.69. The summed E-state index contributed by atoms with van der Waals surface area (Å²) < 4.78 is 15.1. The molecule has 222 valence electrons. The van der Waals surface area contributed by atoms with E-state index in [0.29, 0.717) is 22.5 Å². The quantitative estimate of drug-likeness (QED) is 0.260. The highest BCUT2D eigenvalue weighted by molar-refractivity contribution is 7.20. The molecule has 3 N–H and O–H groups in total. The predicted octanol–water partition coefficient (Wildman–Crippen LogP) is 4.30. The molecule has 2 aromatic heterocycles. The van der Waals surface area contributed by atoms with Crippen LogP contribution in [0, 0.1) is 29.0 Å². The number of nitrogens with one attached hydrogen (secondary N) is 3. The van der Waals surface area contributed by atoms with Crippen LogP contribution in [0.3, 0.4) is 0 Å². The normalized spacial score (nSPS) is 23.5. The first-order valence-corrected chi connectivity index (χ1v) is 15.4. The van der Waals surface area contributed by atoms with Crippen LogP contribution in [-0.4, -0.2) is 63.0 Å². The van der Waals surface area contributed by atoms with Gasteiger partial charge in [0.1, 0.15) is 23.6 Å². The smallest absolute Gasteiger partial charge is 0.268 e. The van der Waals surface area contributed by atoms with Crippen molar-refractivity contribution in [1.82, 2.24) is 25.5 Å². The third-order valence-corrected chi connectivity index (χ3v) is 10.6. The van der Waals surface area contributed by atoms with E-state index < -0.39 is 29.8 Å². The Labute approximate surface area is 251 Å². The average molecular weight is 602 g/mol. The van der Waals surface area contributed by atoms with E-state index in [9.17, 15) is 23.6 Å². The molecule has 0 spiro atoms. The largest absolute Gasteiger partial charge is 0.350 e. The number of carbonyl (C=O) groups excluding carboxylic acids is 4. The lowest BCUT2D eigenvalue weighted by molar-refractivity contribution is -0.142. The van der Waals surface area contributed by atoms with Crippen LogP contribution in [0.1, 0.15) is 53.9 Å². The maximum Gasteiger partial charge on any atom is 0.268 e. The number of hydrogen-bond donors (Lipinski definition) is 3. The average Bonchev–Trinajstić information content (AvgIpc) is 3.63. The van der Waals surface area contributed by atoms with Crippen molar-refractivity contribution in [2.24, 2.45) is 23.2 Å². The molecule has 3 fully saturated rings. The molecule has 1 saturated heterocycles. The van der Waals surface area contributed by atoms with Crippen LogP contribution in [-0.2, 0) is 9.59 Å². The molecular formula is C32H32FN5O4S. The number of rotatable bonds is 8. The molecular weight excluding hydrogens is 569 g/mol. The van der Waals surface area contributed by atoms with Gasteiger partial charge in [0.2, 0.25) is 17.6 Å². The minimum atomic E-state index is -0.827. The fourth-order valence-electron chi connectivity index (χ4n) is 6.79. The van der Waals surface area contributed by atoms with Crippen LogP contribution in [0.2, 0.25) is 0 Å². The number of H-pyrrole nitrogens is 1. The van der Waals surface area contributed by atoms with Gasteiger partial charge in [-0.3, -0.25) is 19.2 Å². The number of hydrogen-bond acceptors (Lipinski definition) is 6. The first-order valence-electron chi connectivity index (χ1n) is 14.6. The monoisotopic (exact) mass is 601 g/mol. The molecule has 4 aromatic rings. The SMILES string of the molecule is C[C@H](NC(=O)[C@@H]1[C@@H]2[C@H](CN1C(=O)[C@@H](NC(=O)c1cc3c(F)cccc3[nH]1)C1CC1)C2(C)C)C(=O)c1nc2ccccc2s1. The summed E-state index contributed by atoms with van der Waals surface area (Å²) >= 11 is 1.29. The van der Waals surface area contributed by atoms with E-state index in [1.807, 2.05) is 24.3 Å². The molecule has 0 unspecified atom stereocenters. The summed E-state index contributed by atoms with van der Waals surface area (Å²) in [4.78, 5) is 63.3. The summed E-state index contributed by atoms with van der Waals surface area (Å²) in [7, 11) is 0. The van der Waals surface area contributed by atoms with Crippen molar-refractivity contribution in [3.8, 4) is 0 Å². The number of fused-ring (bicyclic) bond motifs is 3. The summed E-state index contributed by atoms with van der Waals surface area (Å²) in [5, 5.41) is 6.38. The molecule has 9 nitrogen and oxygen atoms in total. The first-order chi connectivity index (χ1) is 20.5. The Morgan fingerprint density at radius 1 is 1.09 bits per heavy atom. The Kier molecular flexibility index (Phi) is 6.42. The zero-order valence-corrected chi connectivity index (χ0v) is 24.8. The molecule has 0 radical (unpaired) electrons. The second kappa shape index (κ2) is 9.97. The maximum absolute atomic E-state index is 14.2. The molecule has 1 aliphatic heterocycles. The maximum atomic E-state index is 14.2. The van der Waals surface area contributed by atoms with E-state index in [4.69, 9.17) is 0 Å². The van der Waals surface area contributed by atoms with Crippen LogP contribution in [0.5, 0.6) is 0 Å². The van der Waals surface area contributed by atoms with Gasteiger partial charge in [-0.2, -0.15) is 0 Å². The minimum absolute atomic E-state index is 0.0363. The van der Waals surface area contributed by atoms with E-state index in [1.54, 1.807) is 24.0 Å². The molecule has 2 saturated carbocycles. The number of aromatic amines is 1. The van der Waals surface area contributed by atoms with Gasteiger partial charge < -0.3 is 20.5 Å². The van der Waals surface area contributed by atoms with Gasteiger partial charge in [-0.15, -0.1) is 11.3 Å². The lowest BCUT2D eigenvalue weighted by Crippen LogP contribution is -2.57. The molecule has 43 heavy (non-hydrogen) atoms. The van der Waals surface area contributed by atoms with Crippen LogP contribution < -0.4 is 10.6 Å². The molecule has 2 aromatic carbocycles. The Morgan fingerprint density at radius 2 is 1.86 bits per heavy atom. The third-order valence-electron chi connectivity index (χ3n) is 9.52. The van der Waals surface area contributed by atoms with Crippen molar-refractivity contribution in [2.45, 2.75) is 51.7 Å². The summed E-state index contributed by atoms with van der Waals surface area (Å²) in [5.74, 6) is -1.83. The van der Waals surface area contributed by atoms with Gasteiger partial charge in [0.25, 0.3) is 5.91 Å². The Morgan fingerprint density at radius 3 is 2.58 bits per heavy atom. The van der Waals surface area contributed by atoms with Gasteiger partial charge in [0.15, 0.2) is 5.01 Å². The van der Waals surface area contributed by atoms with Crippen LogP contribution in [0.4, 0.5) is 4.39 Å². The number of carbonyl (C=O) groups is 4. The van der Waals surface area contributed by atoms with Gasteiger partial charge in [-0.25, -0.2) is 9.37 Å². The van der Waals surface area contributed by atoms with Crippen molar-refractivity contribution >= 4 is 56.0 Å². The van der Waals surface area contributed by atoms with E-state index in [0.717, 1.165) is 23.1 Å². The first kappa shape index (κ1) is 27.7. The number of para-hydroxylation sites is 1. The van der Waals surface area contributed by atoms with Crippen molar-refractivity contribution in [3.63, 3.8) is 0 Å². The standard InChI is InChI=1S/C32H32FN5O4S/c1-15(27(39)30-36-21-8-4-5-10-23(21)43-30)34-29(41)26-24-18(32(24,2)3)14-38(26)31(42)25(16-11-12-16)37-28(40)22-13-17-19(33)7-6-9-20(17)35-22/h4-10,13,15-16,18,24-26,35H,11-12,14H2,1-3H3,(H,34,41)(H,37,40)/t15-,18-,24-,25-,26-/m0/s1. The summed E-state index contributed by atoms with van der Waals surface area (Å²) in [6.07, 6.45) is 1.57. The predicted molar refractivity (Wildman–Crippen MR) is 160 cm³/mol. The molecule has 7 rings (SSSR count). The molecule has 2 aliphatic carbocycles. The number of likely N-dealkylation sites (tertiary alicyclic amines) is 1. The lowest BCUT2D eigenvalue weighted by Gasteiger charge is -2.33. The fourth-order valence-corrected chi connectivity index (χ4v) is 7.78. The second-order valence-electron chi connectivity index (χ2n) is 12.6. The molecule has 3 aliphatic rings. The number of ketones is 1. The van der Waals surface area contributed by atoms with Crippen molar-refractivity contribution in [3.05, 3.63) is 65.0 Å². The Hall–Kier alpha value is -4.12. The Balaban J connectivity index is 1.09. The highest BCUT2D eigenvalue weighted by Crippen LogP contribution is 2.65. The van der Waals surface area contributed by atoms with Gasteiger partial charge in [0.05, 0.1) is 16.3 Å². The summed E-state index contributed by atoms with van der Waals surface area (Å²) in [6, 6.07) is 11.1. The van der Waals surface area contributed by atoms with Gasteiger partial charge in [-0.1, -0.05) is 32.0 Å². The molecule has 3 amide bonds. The van der Waals surface area contributed by atoms with Gasteiger partial charge >= 0.3 is 0 Å². The van der Waals surface area contributed by atoms with E-state index >= 15 is 0 Å². The molecule has 5 atom stereocenters. The second-order valence-corrected chi connectivity index (χ2v) is 13.7. The lowest BCUT2D eigenvalue weighted by atomic mass is 9.98. The van der Waals surface area contributed by atoms with Crippen molar-refractivity contribution in [2.75, 3.05) is 6.54 Å².